The van der Waals surface area contributed by atoms with Crippen molar-refractivity contribution in [3.8, 4) is 0 Å². The van der Waals surface area contributed by atoms with Crippen molar-refractivity contribution in [1.82, 2.24) is 10.6 Å². The van der Waals surface area contributed by atoms with Gasteiger partial charge < -0.3 is 16.4 Å². The van der Waals surface area contributed by atoms with Gasteiger partial charge >= 0.3 is 6.18 Å². The van der Waals surface area contributed by atoms with Crippen LogP contribution in [-0.2, 0) is 9.59 Å². The number of nitrogens with two attached hydrogens (primary N) is 1. The van der Waals surface area contributed by atoms with Crippen LogP contribution < -0.4 is 16.4 Å². The molecule has 1 rings (SSSR count). The molecule has 0 saturated heterocycles. The lowest BCUT2D eigenvalue weighted by molar-refractivity contribution is -0.184. The van der Waals surface area contributed by atoms with Gasteiger partial charge in [-0.2, -0.15) is 13.2 Å². The summed E-state index contributed by atoms with van der Waals surface area (Å²) in [6.07, 6.45) is -3.26. The minimum Gasteiger partial charge on any atom is -0.352 e. The number of amides is 2. The highest BCUT2D eigenvalue weighted by atomic mass is 19.4. The van der Waals surface area contributed by atoms with Crippen LogP contribution in [-0.4, -0.2) is 36.6 Å². The minimum absolute atomic E-state index is 0.0612. The number of halogens is 3. The Morgan fingerprint density at radius 1 is 1.27 bits per heavy atom. The lowest BCUT2D eigenvalue weighted by Crippen LogP contribution is -2.49. The third-order valence-corrected chi connectivity index (χ3v) is 3.95. The lowest BCUT2D eigenvalue weighted by Gasteiger charge is -2.31. The molecule has 1 aliphatic carbocycles. The van der Waals surface area contributed by atoms with Crippen LogP contribution in [0.15, 0.2) is 0 Å². The topological polar surface area (TPSA) is 84.2 Å². The Bertz CT molecular complexity index is 399. The van der Waals surface area contributed by atoms with Crippen molar-refractivity contribution in [2.45, 2.75) is 57.8 Å². The maximum Gasteiger partial charge on any atom is 0.391 e. The zero-order valence-electron chi connectivity index (χ0n) is 12.9. The average molecular weight is 323 g/mol. The molecule has 1 saturated carbocycles. The number of carbonyl (C=O) groups is 2. The Morgan fingerprint density at radius 2 is 1.91 bits per heavy atom. The van der Waals surface area contributed by atoms with Gasteiger partial charge in [0, 0.05) is 6.04 Å². The van der Waals surface area contributed by atoms with E-state index in [2.05, 4.69) is 10.6 Å². The molecule has 0 aromatic rings. The summed E-state index contributed by atoms with van der Waals surface area (Å²) in [6, 6.07) is -1.21. The minimum atomic E-state index is -4.22. The highest BCUT2D eigenvalue weighted by Gasteiger charge is 2.42. The summed E-state index contributed by atoms with van der Waals surface area (Å²) >= 11 is 0. The summed E-state index contributed by atoms with van der Waals surface area (Å²) in [5.74, 6) is -2.36. The van der Waals surface area contributed by atoms with Crippen LogP contribution in [0.3, 0.4) is 0 Å². The monoisotopic (exact) mass is 323 g/mol. The number of carbonyl (C=O) groups excluding carboxylic acids is 2. The van der Waals surface area contributed by atoms with E-state index in [-0.39, 0.29) is 25.3 Å². The molecule has 1 aliphatic rings. The lowest BCUT2D eigenvalue weighted by atomic mass is 9.85. The molecule has 0 bridgehead atoms. The van der Waals surface area contributed by atoms with Crippen LogP contribution in [0, 0.1) is 11.8 Å². The van der Waals surface area contributed by atoms with E-state index in [9.17, 15) is 22.8 Å². The van der Waals surface area contributed by atoms with E-state index < -0.39 is 36.0 Å². The summed E-state index contributed by atoms with van der Waals surface area (Å²) in [6.45, 7) is 3.29. The van der Waals surface area contributed by atoms with Gasteiger partial charge in [-0.05, 0) is 25.2 Å². The number of hydrogen-bond donors (Lipinski definition) is 3. The molecule has 0 aliphatic heterocycles. The highest BCUT2D eigenvalue weighted by molar-refractivity contribution is 5.87. The van der Waals surface area contributed by atoms with Crippen molar-refractivity contribution in [2.24, 2.45) is 17.6 Å². The Hall–Kier alpha value is -1.31. The second-order valence-electron chi connectivity index (χ2n) is 6.16. The van der Waals surface area contributed by atoms with E-state index in [1.807, 2.05) is 0 Å². The molecule has 2 amide bonds. The average Bonchev–Trinajstić information content (AvgIpc) is 2.43. The van der Waals surface area contributed by atoms with Crippen LogP contribution in [0.2, 0.25) is 0 Å². The Kier molecular flexibility index (Phi) is 6.65. The molecule has 3 atom stereocenters. The van der Waals surface area contributed by atoms with Crippen molar-refractivity contribution in [3.05, 3.63) is 0 Å². The number of nitrogens with one attached hydrogen (secondary N) is 2. The molecule has 4 N–H and O–H groups in total. The van der Waals surface area contributed by atoms with Crippen molar-refractivity contribution >= 4 is 11.8 Å². The van der Waals surface area contributed by atoms with Gasteiger partial charge in [-0.1, -0.05) is 20.3 Å². The first-order valence-corrected chi connectivity index (χ1v) is 7.50. The Morgan fingerprint density at radius 3 is 2.45 bits per heavy atom. The zero-order chi connectivity index (χ0) is 16.9. The van der Waals surface area contributed by atoms with Crippen LogP contribution >= 0.6 is 0 Å². The summed E-state index contributed by atoms with van der Waals surface area (Å²) < 4.78 is 38.1. The zero-order valence-corrected chi connectivity index (χ0v) is 12.9. The fraction of sp³-hybridized carbons (Fsp3) is 0.857. The van der Waals surface area contributed by atoms with E-state index in [0.717, 1.165) is 0 Å². The van der Waals surface area contributed by atoms with E-state index in [4.69, 9.17) is 5.73 Å². The standard InChI is InChI=1S/C14H24F3N3O2/c1-8(2)12(18)13(22)19-7-11(21)20-10-5-3-4-9(6-10)14(15,16)17/h8-10,12H,3-7,18H2,1-2H3,(H,19,22)(H,20,21)/t9?,10?,12-/m0/s1. The quantitative estimate of drug-likeness (QED) is 0.713. The van der Waals surface area contributed by atoms with Gasteiger partial charge in [0.05, 0.1) is 18.5 Å². The summed E-state index contributed by atoms with van der Waals surface area (Å²) in [5, 5.41) is 4.95. The van der Waals surface area contributed by atoms with Gasteiger partial charge in [0.2, 0.25) is 11.8 Å². The molecule has 128 valence electrons. The molecule has 2 unspecified atom stereocenters. The van der Waals surface area contributed by atoms with E-state index in [1.165, 1.54) is 0 Å². The summed E-state index contributed by atoms with van der Waals surface area (Å²) in [5.41, 5.74) is 5.63. The molecule has 0 spiro atoms. The summed E-state index contributed by atoms with van der Waals surface area (Å²) in [4.78, 5) is 23.3. The van der Waals surface area contributed by atoms with Crippen LogP contribution in [0.5, 0.6) is 0 Å². The maximum atomic E-state index is 12.7. The Balaban J connectivity index is 2.37. The molecule has 0 aromatic carbocycles. The van der Waals surface area contributed by atoms with Crippen molar-refractivity contribution in [1.29, 1.82) is 0 Å². The summed E-state index contributed by atoms with van der Waals surface area (Å²) in [7, 11) is 0. The first-order valence-electron chi connectivity index (χ1n) is 7.50. The van der Waals surface area contributed by atoms with Crippen LogP contribution in [0.1, 0.15) is 39.5 Å². The van der Waals surface area contributed by atoms with Gasteiger partial charge in [-0.15, -0.1) is 0 Å². The van der Waals surface area contributed by atoms with Crippen molar-refractivity contribution in [3.63, 3.8) is 0 Å². The van der Waals surface area contributed by atoms with Gasteiger partial charge in [-0.3, -0.25) is 9.59 Å². The van der Waals surface area contributed by atoms with Crippen molar-refractivity contribution in [2.75, 3.05) is 6.54 Å². The fourth-order valence-electron chi connectivity index (χ4n) is 2.48. The Labute approximate surface area is 128 Å². The smallest absolute Gasteiger partial charge is 0.352 e. The second-order valence-corrected chi connectivity index (χ2v) is 6.16. The van der Waals surface area contributed by atoms with Crippen LogP contribution in [0.25, 0.3) is 0 Å². The van der Waals surface area contributed by atoms with Gasteiger partial charge in [-0.25, -0.2) is 0 Å². The molecule has 0 heterocycles. The maximum absolute atomic E-state index is 12.7. The van der Waals surface area contributed by atoms with Gasteiger partial charge in [0.25, 0.3) is 0 Å². The molecule has 5 nitrogen and oxygen atoms in total. The third kappa shape index (κ3) is 5.82. The fourth-order valence-corrected chi connectivity index (χ4v) is 2.48. The number of alkyl halides is 3. The molecule has 0 aromatic heterocycles. The number of rotatable bonds is 5. The third-order valence-electron chi connectivity index (χ3n) is 3.95. The van der Waals surface area contributed by atoms with E-state index in [0.29, 0.717) is 12.8 Å². The predicted octanol–water partition coefficient (Wildman–Crippen LogP) is 1.32. The molecule has 1 fully saturated rings. The molecular formula is C14H24F3N3O2. The second kappa shape index (κ2) is 7.80. The van der Waals surface area contributed by atoms with Crippen LogP contribution in [0.4, 0.5) is 13.2 Å². The molecule has 0 radical (unpaired) electrons. The molecular weight excluding hydrogens is 299 g/mol. The van der Waals surface area contributed by atoms with Gasteiger partial charge in [0.1, 0.15) is 0 Å². The van der Waals surface area contributed by atoms with E-state index in [1.54, 1.807) is 13.8 Å². The molecule has 8 heteroatoms. The van der Waals surface area contributed by atoms with E-state index >= 15 is 0 Å². The first kappa shape index (κ1) is 18.7. The number of hydrogen-bond acceptors (Lipinski definition) is 3. The largest absolute Gasteiger partial charge is 0.391 e. The first-order chi connectivity index (χ1) is 10.1. The highest BCUT2D eigenvalue weighted by Crippen LogP contribution is 2.37. The predicted molar refractivity (Wildman–Crippen MR) is 75.8 cm³/mol. The van der Waals surface area contributed by atoms with Gasteiger partial charge in [0.15, 0.2) is 0 Å². The SMILES string of the molecule is CC(C)[C@H](N)C(=O)NCC(=O)NC1CCCC(C(F)(F)F)C1. The molecule has 22 heavy (non-hydrogen) atoms. The normalized spacial score (nSPS) is 24.0. The van der Waals surface area contributed by atoms with Crippen molar-refractivity contribution < 1.29 is 22.8 Å².